The molecule has 1 aromatic carbocycles. The number of nitrogens with zero attached hydrogens (tertiary/aromatic N) is 3. The van der Waals surface area contributed by atoms with E-state index in [0.717, 1.165) is 51.3 Å². The summed E-state index contributed by atoms with van der Waals surface area (Å²) in [5.74, 6) is 0.289. The van der Waals surface area contributed by atoms with Gasteiger partial charge in [0.05, 0.1) is 11.2 Å². The van der Waals surface area contributed by atoms with Crippen LogP contribution in [-0.2, 0) is 17.6 Å². The Morgan fingerprint density at radius 1 is 1.12 bits per heavy atom. The third-order valence-corrected chi connectivity index (χ3v) is 5.69. The summed E-state index contributed by atoms with van der Waals surface area (Å²) < 4.78 is 0. The lowest BCUT2D eigenvalue weighted by atomic mass is 10.1. The first-order valence-electron chi connectivity index (χ1n) is 8.65. The molecule has 3 rings (SSSR count). The Morgan fingerprint density at radius 2 is 1.88 bits per heavy atom. The molecule has 0 bridgehead atoms. The van der Waals surface area contributed by atoms with E-state index < -0.39 is 0 Å². The van der Waals surface area contributed by atoms with Gasteiger partial charge in [0.1, 0.15) is 0 Å². The summed E-state index contributed by atoms with van der Waals surface area (Å²) in [6.07, 6.45) is 2.52. The van der Waals surface area contributed by atoms with Crippen molar-refractivity contribution < 1.29 is 4.79 Å². The molecule has 0 unspecified atom stereocenters. The fourth-order valence-electron chi connectivity index (χ4n) is 3.10. The molecule has 4 nitrogen and oxygen atoms in total. The number of carbonyl (C=O) groups is 1. The van der Waals surface area contributed by atoms with Crippen LogP contribution < -0.4 is 0 Å². The average molecular weight is 343 g/mol. The normalized spacial score (nSPS) is 15.6. The SMILES string of the molecule is Cc1ncsc1CCN1CCN(C(=O)CCc2ccccc2)CC1. The fourth-order valence-corrected chi connectivity index (χ4v) is 3.87. The van der Waals surface area contributed by atoms with Crippen molar-refractivity contribution in [2.75, 3.05) is 32.7 Å². The molecule has 0 radical (unpaired) electrons. The van der Waals surface area contributed by atoms with Crippen molar-refractivity contribution >= 4 is 17.2 Å². The Balaban J connectivity index is 1.38. The number of rotatable bonds is 6. The molecule has 1 amide bonds. The number of benzene rings is 1. The number of piperazine rings is 1. The van der Waals surface area contributed by atoms with Crippen LogP contribution in [-0.4, -0.2) is 53.4 Å². The van der Waals surface area contributed by atoms with Crippen LogP contribution in [0, 0.1) is 6.92 Å². The number of thiazole rings is 1. The Labute approximate surface area is 148 Å². The summed E-state index contributed by atoms with van der Waals surface area (Å²) in [6.45, 7) is 6.82. The van der Waals surface area contributed by atoms with Crippen molar-refractivity contribution in [1.82, 2.24) is 14.8 Å². The predicted octanol–water partition coefficient (Wildman–Crippen LogP) is 2.77. The third-order valence-electron chi connectivity index (χ3n) is 4.70. The largest absolute Gasteiger partial charge is 0.340 e. The van der Waals surface area contributed by atoms with E-state index in [9.17, 15) is 4.79 Å². The van der Waals surface area contributed by atoms with Crippen LogP contribution in [0.2, 0.25) is 0 Å². The lowest BCUT2D eigenvalue weighted by molar-refractivity contribution is -0.132. The highest BCUT2D eigenvalue weighted by Gasteiger charge is 2.20. The minimum atomic E-state index is 0.289. The second kappa shape index (κ2) is 8.40. The van der Waals surface area contributed by atoms with E-state index in [-0.39, 0.29) is 5.91 Å². The molecule has 1 aromatic heterocycles. The molecule has 0 N–H and O–H groups in total. The summed E-state index contributed by atoms with van der Waals surface area (Å²) in [5, 5.41) is 0. The number of amides is 1. The Hall–Kier alpha value is -1.72. The molecule has 1 aliphatic rings. The minimum absolute atomic E-state index is 0.289. The summed E-state index contributed by atoms with van der Waals surface area (Å²) in [7, 11) is 0. The van der Waals surface area contributed by atoms with E-state index >= 15 is 0 Å². The first-order chi connectivity index (χ1) is 11.7. The molecule has 24 heavy (non-hydrogen) atoms. The molecule has 5 heteroatoms. The van der Waals surface area contributed by atoms with Gasteiger partial charge in [0.15, 0.2) is 0 Å². The molecular weight excluding hydrogens is 318 g/mol. The number of hydrogen-bond donors (Lipinski definition) is 0. The van der Waals surface area contributed by atoms with Gasteiger partial charge in [-0.15, -0.1) is 11.3 Å². The number of hydrogen-bond acceptors (Lipinski definition) is 4. The van der Waals surface area contributed by atoms with Gasteiger partial charge in [-0.05, 0) is 25.3 Å². The van der Waals surface area contributed by atoms with Gasteiger partial charge in [0, 0.05) is 44.0 Å². The first-order valence-corrected chi connectivity index (χ1v) is 9.53. The highest BCUT2D eigenvalue weighted by Crippen LogP contribution is 2.14. The van der Waals surface area contributed by atoms with Gasteiger partial charge in [-0.1, -0.05) is 30.3 Å². The highest BCUT2D eigenvalue weighted by molar-refractivity contribution is 7.09. The van der Waals surface area contributed by atoms with Crippen molar-refractivity contribution in [2.45, 2.75) is 26.2 Å². The smallest absolute Gasteiger partial charge is 0.222 e. The molecule has 1 aliphatic heterocycles. The first kappa shape index (κ1) is 17.1. The predicted molar refractivity (Wildman–Crippen MR) is 98.3 cm³/mol. The zero-order valence-electron chi connectivity index (χ0n) is 14.3. The van der Waals surface area contributed by atoms with Crippen LogP contribution in [0.15, 0.2) is 35.8 Å². The summed E-state index contributed by atoms with van der Waals surface area (Å²) in [4.78, 5) is 22.5. The Morgan fingerprint density at radius 3 is 2.54 bits per heavy atom. The lowest BCUT2D eigenvalue weighted by Gasteiger charge is -2.34. The van der Waals surface area contributed by atoms with Crippen LogP contribution in [0.1, 0.15) is 22.6 Å². The van der Waals surface area contributed by atoms with Gasteiger partial charge >= 0.3 is 0 Å². The van der Waals surface area contributed by atoms with Crippen molar-refractivity contribution in [3.63, 3.8) is 0 Å². The minimum Gasteiger partial charge on any atom is -0.340 e. The molecule has 1 saturated heterocycles. The topological polar surface area (TPSA) is 36.4 Å². The molecule has 0 saturated carbocycles. The van der Waals surface area contributed by atoms with Crippen molar-refractivity contribution in [3.8, 4) is 0 Å². The van der Waals surface area contributed by atoms with Crippen molar-refractivity contribution in [2.24, 2.45) is 0 Å². The Kier molecular flexibility index (Phi) is 5.99. The van der Waals surface area contributed by atoms with Gasteiger partial charge in [0.2, 0.25) is 5.91 Å². The summed E-state index contributed by atoms with van der Waals surface area (Å²) in [5.41, 5.74) is 4.33. The number of aryl methyl sites for hydroxylation is 2. The maximum absolute atomic E-state index is 12.4. The zero-order valence-corrected chi connectivity index (χ0v) is 15.1. The molecule has 128 valence electrons. The molecule has 0 atom stereocenters. The molecule has 1 fully saturated rings. The van der Waals surface area contributed by atoms with E-state index in [1.54, 1.807) is 11.3 Å². The van der Waals surface area contributed by atoms with Crippen LogP contribution >= 0.6 is 11.3 Å². The van der Waals surface area contributed by atoms with Crippen LogP contribution in [0.4, 0.5) is 0 Å². The van der Waals surface area contributed by atoms with Crippen LogP contribution in [0.5, 0.6) is 0 Å². The van der Waals surface area contributed by atoms with E-state index in [0.29, 0.717) is 6.42 Å². The Bertz CT molecular complexity index is 648. The maximum atomic E-state index is 12.4. The second-order valence-corrected chi connectivity index (χ2v) is 7.26. The van der Waals surface area contributed by atoms with Gasteiger partial charge in [-0.3, -0.25) is 9.69 Å². The van der Waals surface area contributed by atoms with Gasteiger partial charge < -0.3 is 4.90 Å². The van der Waals surface area contributed by atoms with E-state index in [4.69, 9.17) is 0 Å². The highest BCUT2D eigenvalue weighted by atomic mass is 32.1. The van der Waals surface area contributed by atoms with Gasteiger partial charge in [-0.25, -0.2) is 4.98 Å². The standard InChI is InChI=1S/C19H25N3OS/c1-16-18(24-15-20-16)9-10-21-11-13-22(14-12-21)19(23)8-7-17-5-3-2-4-6-17/h2-6,15H,7-14H2,1H3. The molecule has 0 aliphatic carbocycles. The molecule has 2 aromatic rings. The number of aromatic nitrogens is 1. The van der Waals surface area contributed by atoms with E-state index in [1.165, 1.54) is 10.4 Å². The monoisotopic (exact) mass is 343 g/mol. The lowest BCUT2D eigenvalue weighted by Crippen LogP contribution is -2.49. The maximum Gasteiger partial charge on any atom is 0.222 e. The van der Waals surface area contributed by atoms with Crippen LogP contribution in [0.3, 0.4) is 0 Å². The quantitative estimate of drug-likeness (QED) is 0.809. The third kappa shape index (κ3) is 4.65. The van der Waals surface area contributed by atoms with Crippen molar-refractivity contribution in [1.29, 1.82) is 0 Å². The number of carbonyl (C=O) groups excluding carboxylic acids is 1. The fraction of sp³-hybridized carbons (Fsp3) is 0.474. The zero-order chi connectivity index (χ0) is 16.8. The van der Waals surface area contributed by atoms with E-state index in [2.05, 4.69) is 28.9 Å². The van der Waals surface area contributed by atoms with E-state index in [1.807, 2.05) is 28.6 Å². The van der Waals surface area contributed by atoms with Gasteiger partial charge in [0.25, 0.3) is 0 Å². The average Bonchev–Trinajstić information content (AvgIpc) is 3.04. The summed E-state index contributed by atoms with van der Waals surface area (Å²) in [6, 6.07) is 10.3. The van der Waals surface area contributed by atoms with Crippen molar-refractivity contribution in [3.05, 3.63) is 52.0 Å². The molecular formula is C19H25N3OS. The second-order valence-electron chi connectivity index (χ2n) is 6.32. The summed E-state index contributed by atoms with van der Waals surface area (Å²) >= 11 is 1.75. The molecule has 0 spiro atoms. The van der Waals surface area contributed by atoms with Gasteiger partial charge in [-0.2, -0.15) is 0 Å². The molecule has 2 heterocycles. The van der Waals surface area contributed by atoms with Crippen LogP contribution in [0.25, 0.3) is 0 Å².